The highest BCUT2D eigenvalue weighted by Crippen LogP contribution is 2.23. The zero-order valence-electron chi connectivity index (χ0n) is 11.0. The van der Waals surface area contributed by atoms with Crippen LogP contribution in [-0.4, -0.2) is 38.9 Å². The number of hydrogen-bond acceptors (Lipinski definition) is 3. The van der Waals surface area contributed by atoms with Gasteiger partial charge in [-0.15, -0.1) is 0 Å². The molecule has 19 heavy (non-hydrogen) atoms. The summed E-state index contributed by atoms with van der Waals surface area (Å²) in [4.78, 5) is 5.28. The van der Waals surface area contributed by atoms with Crippen LogP contribution in [-0.2, 0) is 16.6 Å². The molecule has 0 aliphatic heterocycles. The average molecular weight is 282 g/mol. The number of rotatable bonds is 5. The summed E-state index contributed by atoms with van der Waals surface area (Å²) in [6, 6.07) is 5.31. The number of nitrogens with one attached hydrogen (secondary N) is 2. The molecule has 0 spiro atoms. The van der Waals surface area contributed by atoms with E-state index in [2.05, 4.69) is 14.6 Å². The first kappa shape index (κ1) is 13.9. The summed E-state index contributed by atoms with van der Waals surface area (Å²) in [5.74, 6) is 0. The van der Waals surface area contributed by atoms with Crippen molar-refractivity contribution in [2.24, 2.45) is 5.14 Å². The first-order valence-corrected chi connectivity index (χ1v) is 7.45. The van der Waals surface area contributed by atoms with Gasteiger partial charge in [0.15, 0.2) is 0 Å². The third-order valence-electron chi connectivity index (χ3n) is 2.86. The van der Waals surface area contributed by atoms with E-state index >= 15 is 0 Å². The smallest absolute Gasteiger partial charge is 0.296 e. The summed E-state index contributed by atoms with van der Waals surface area (Å²) in [7, 11) is 0.297. The second-order valence-electron chi connectivity index (χ2n) is 4.77. The van der Waals surface area contributed by atoms with Crippen LogP contribution < -0.4 is 9.86 Å². The largest absolute Gasteiger partial charge is 0.361 e. The van der Waals surface area contributed by atoms with Crippen molar-refractivity contribution in [3.63, 3.8) is 0 Å². The Labute approximate surface area is 112 Å². The van der Waals surface area contributed by atoms with Gasteiger partial charge in [0.1, 0.15) is 0 Å². The first-order valence-electron chi connectivity index (χ1n) is 5.90. The van der Waals surface area contributed by atoms with E-state index in [0.717, 1.165) is 29.4 Å². The molecule has 0 amide bonds. The van der Waals surface area contributed by atoms with E-state index in [1.54, 1.807) is 12.1 Å². The van der Waals surface area contributed by atoms with Crippen LogP contribution in [0.4, 0.5) is 5.69 Å². The second kappa shape index (κ2) is 5.20. The molecule has 6 nitrogen and oxygen atoms in total. The molecule has 0 atom stereocenters. The van der Waals surface area contributed by atoms with Crippen LogP contribution in [0.3, 0.4) is 0 Å². The van der Waals surface area contributed by atoms with Gasteiger partial charge in [0.2, 0.25) is 0 Å². The van der Waals surface area contributed by atoms with Gasteiger partial charge in [-0.3, -0.25) is 4.72 Å². The van der Waals surface area contributed by atoms with Gasteiger partial charge in [-0.05, 0) is 44.3 Å². The van der Waals surface area contributed by atoms with Gasteiger partial charge in [-0.25, -0.2) is 5.14 Å². The number of anilines is 1. The lowest BCUT2D eigenvalue weighted by atomic mass is 10.1. The number of hydrogen-bond donors (Lipinski definition) is 3. The molecular formula is C12H18N4O2S. The minimum absolute atomic E-state index is 0.473. The van der Waals surface area contributed by atoms with Gasteiger partial charge in [-0.1, -0.05) is 0 Å². The fourth-order valence-corrected chi connectivity index (χ4v) is 2.41. The topological polar surface area (TPSA) is 91.2 Å². The van der Waals surface area contributed by atoms with Gasteiger partial charge in [-0.2, -0.15) is 8.42 Å². The monoisotopic (exact) mass is 282 g/mol. The van der Waals surface area contributed by atoms with E-state index in [0.29, 0.717) is 5.69 Å². The van der Waals surface area contributed by atoms with Gasteiger partial charge in [0.25, 0.3) is 10.2 Å². The van der Waals surface area contributed by atoms with Crippen LogP contribution in [0.5, 0.6) is 0 Å². The SMILES string of the molecule is CN(C)CCc1c[nH]c2ccc(NS(N)(=O)=O)cc12. The quantitative estimate of drug-likeness (QED) is 0.760. The molecule has 0 radical (unpaired) electrons. The lowest BCUT2D eigenvalue weighted by Gasteiger charge is -2.08. The van der Waals surface area contributed by atoms with Crippen molar-refractivity contribution in [2.75, 3.05) is 25.4 Å². The molecule has 1 aromatic heterocycles. The van der Waals surface area contributed by atoms with E-state index < -0.39 is 10.2 Å². The molecule has 0 aliphatic carbocycles. The normalized spacial score (nSPS) is 12.2. The van der Waals surface area contributed by atoms with Crippen molar-refractivity contribution < 1.29 is 8.42 Å². The molecule has 4 N–H and O–H groups in total. The second-order valence-corrected chi connectivity index (χ2v) is 6.07. The highest BCUT2D eigenvalue weighted by atomic mass is 32.2. The number of fused-ring (bicyclic) bond motifs is 1. The number of benzene rings is 1. The number of likely N-dealkylation sites (N-methyl/N-ethyl adjacent to an activating group) is 1. The summed E-state index contributed by atoms with van der Waals surface area (Å²) in [6.07, 6.45) is 2.85. The number of nitrogens with two attached hydrogens (primary N) is 1. The summed E-state index contributed by atoms with van der Waals surface area (Å²) in [6.45, 7) is 0.930. The van der Waals surface area contributed by atoms with Gasteiger partial charge >= 0.3 is 0 Å². The van der Waals surface area contributed by atoms with Gasteiger partial charge in [0, 0.05) is 23.6 Å². The van der Waals surface area contributed by atoms with Crippen LogP contribution in [0.25, 0.3) is 10.9 Å². The molecular weight excluding hydrogens is 264 g/mol. The van der Waals surface area contributed by atoms with Gasteiger partial charge in [0.05, 0.1) is 5.69 Å². The van der Waals surface area contributed by atoms with Crippen molar-refractivity contribution in [3.05, 3.63) is 30.0 Å². The lowest BCUT2D eigenvalue weighted by molar-refractivity contribution is 0.414. The highest BCUT2D eigenvalue weighted by molar-refractivity contribution is 7.90. The average Bonchev–Trinajstić information content (AvgIpc) is 2.66. The summed E-state index contributed by atoms with van der Waals surface area (Å²) in [5.41, 5.74) is 2.61. The molecule has 1 heterocycles. The third-order valence-corrected chi connectivity index (χ3v) is 3.38. The molecule has 0 bridgehead atoms. The molecule has 0 fully saturated rings. The summed E-state index contributed by atoms with van der Waals surface area (Å²) < 4.78 is 24.3. The van der Waals surface area contributed by atoms with Crippen LogP contribution in [0, 0.1) is 0 Å². The molecule has 7 heteroatoms. The Bertz CT molecular complexity index is 676. The van der Waals surface area contributed by atoms with E-state index in [9.17, 15) is 8.42 Å². The molecule has 2 aromatic rings. The fourth-order valence-electron chi connectivity index (χ4n) is 1.96. The zero-order chi connectivity index (χ0) is 14.0. The lowest BCUT2D eigenvalue weighted by Crippen LogP contribution is -2.21. The highest BCUT2D eigenvalue weighted by Gasteiger charge is 2.07. The van der Waals surface area contributed by atoms with Crippen LogP contribution in [0.1, 0.15) is 5.56 Å². The number of aromatic nitrogens is 1. The zero-order valence-corrected chi connectivity index (χ0v) is 11.8. The third kappa shape index (κ3) is 3.69. The number of aromatic amines is 1. The molecule has 2 rings (SSSR count). The van der Waals surface area contributed by atoms with Crippen molar-refractivity contribution in [3.8, 4) is 0 Å². The van der Waals surface area contributed by atoms with E-state index in [1.807, 2.05) is 26.4 Å². The van der Waals surface area contributed by atoms with Crippen molar-refractivity contribution in [2.45, 2.75) is 6.42 Å². The summed E-state index contributed by atoms with van der Waals surface area (Å²) >= 11 is 0. The van der Waals surface area contributed by atoms with Crippen molar-refractivity contribution in [1.29, 1.82) is 0 Å². The van der Waals surface area contributed by atoms with Crippen molar-refractivity contribution in [1.82, 2.24) is 9.88 Å². The van der Waals surface area contributed by atoms with E-state index in [4.69, 9.17) is 5.14 Å². The molecule has 0 saturated heterocycles. The van der Waals surface area contributed by atoms with Crippen molar-refractivity contribution >= 4 is 26.8 Å². The maximum absolute atomic E-state index is 11.0. The minimum atomic E-state index is -3.74. The maximum Gasteiger partial charge on any atom is 0.296 e. The predicted octanol–water partition coefficient (Wildman–Crippen LogP) is 0.887. The Kier molecular flexibility index (Phi) is 3.79. The van der Waals surface area contributed by atoms with E-state index in [-0.39, 0.29) is 0 Å². The minimum Gasteiger partial charge on any atom is -0.361 e. The van der Waals surface area contributed by atoms with E-state index in [1.165, 1.54) is 0 Å². The van der Waals surface area contributed by atoms with Crippen LogP contribution in [0.2, 0.25) is 0 Å². The Morgan fingerprint density at radius 1 is 1.37 bits per heavy atom. The Morgan fingerprint density at radius 2 is 2.11 bits per heavy atom. The molecule has 0 saturated carbocycles. The standard InChI is InChI=1S/C12H18N4O2S/c1-16(2)6-5-9-8-14-12-4-3-10(7-11(9)12)15-19(13,17)18/h3-4,7-8,14-15H,5-6H2,1-2H3,(H2,13,17,18). The van der Waals surface area contributed by atoms with Crippen LogP contribution >= 0.6 is 0 Å². The summed E-state index contributed by atoms with van der Waals surface area (Å²) in [5, 5.41) is 5.98. The Hall–Kier alpha value is -1.57. The number of H-pyrrole nitrogens is 1. The fraction of sp³-hybridized carbons (Fsp3) is 0.333. The Morgan fingerprint density at radius 3 is 2.74 bits per heavy atom. The maximum atomic E-state index is 11.0. The predicted molar refractivity (Wildman–Crippen MR) is 77.3 cm³/mol. The molecule has 0 aliphatic rings. The van der Waals surface area contributed by atoms with Crippen LogP contribution in [0.15, 0.2) is 24.4 Å². The Balaban J connectivity index is 2.31. The first-order chi connectivity index (χ1) is 8.85. The molecule has 104 valence electrons. The van der Waals surface area contributed by atoms with Gasteiger partial charge < -0.3 is 9.88 Å². The molecule has 1 aromatic carbocycles. The number of nitrogens with zero attached hydrogens (tertiary/aromatic N) is 1. The molecule has 0 unspecified atom stereocenters.